The molecule has 4 heteroatoms. The fourth-order valence-electron chi connectivity index (χ4n) is 2.83. The lowest BCUT2D eigenvalue weighted by atomic mass is 9.77. The molecule has 0 heterocycles. The van der Waals surface area contributed by atoms with Crippen molar-refractivity contribution in [2.24, 2.45) is 17.6 Å². The molecular formula is C13H25NO3. The maximum atomic E-state index is 11.3. The standard InChI is InChI=1S/C13H25NO3/c1-17-11-6-4-5-10(9-11)12(13(15)16)7-2-3-8-14/h10-12H,2-9,14H2,1H3,(H,15,16). The summed E-state index contributed by atoms with van der Waals surface area (Å²) in [6, 6.07) is 0. The lowest BCUT2D eigenvalue weighted by Gasteiger charge is -2.32. The van der Waals surface area contributed by atoms with Gasteiger partial charge in [-0.1, -0.05) is 12.8 Å². The Morgan fingerprint density at radius 1 is 1.47 bits per heavy atom. The van der Waals surface area contributed by atoms with Gasteiger partial charge < -0.3 is 15.6 Å². The normalized spacial score (nSPS) is 26.7. The first-order valence-electron chi connectivity index (χ1n) is 6.64. The molecule has 0 aliphatic heterocycles. The molecule has 0 aromatic carbocycles. The number of unbranched alkanes of at least 4 members (excludes halogenated alkanes) is 1. The Labute approximate surface area is 104 Å². The first kappa shape index (κ1) is 14.5. The number of hydrogen-bond acceptors (Lipinski definition) is 3. The molecule has 0 spiro atoms. The van der Waals surface area contributed by atoms with E-state index in [1.54, 1.807) is 7.11 Å². The van der Waals surface area contributed by atoms with E-state index in [2.05, 4.69) is 0 Å². The zero-order chi connectivity index (χ0) is 12.7. The molecule has 0 aromatic heterocycles. The summed E-state index contributed by atoms with van der Waals surface area (Å²) >= 11 is 0. The molecule has 4 nitrogen and oxygen atoms in total. The van der Waals surface area contributed by atoms with Crippen molar-refractivity contribution in [1.29, 1.82) is 0 Å². The van der Waals surface area contributed by atoms with E-state index < -0.39 is 5.97 Å². The molecule has 1 saturated carbocycles. The van der Waals surface area contributed by atoms with Gasteiger partial charge in [0.15, 0.2) is 0 Å². The molecule has 1 fully saturated rings. The van der Waals surface area contributed by atoms with Crippen LogP contribution in [-0.2, 0) is 9.53 Å². The van der Waals surface area contributed by atoms with Gasteiger partial charge in [-0.2, -0.15) is 0 Å². The Bertz CT molecular complexity index is 233. The van der Waals surface area contributed by atoms with Gasteiger partial charge in [0.2, 0.25) is 0 Å². The average molecular weight is 243 g/mol. The molecule has 0 saturated heterocycles. The van der Waals surface area contributed by atoms with Gasteiger partial charge in [0.1, 0.15) is 0 Å². The second-order valence-corrected chi connectivity index (χ2v) is 5.01. The van der Waals surface area contributed by atoms with E-state index in [1.807, 2.05) is 0 Å². The number of aliphatic carboxylic acids is 1. The fourth-order valence-corrected chi connectivity index (χ4v) is 2.83. The van der Waals surface area contributed by atoms with E-state index in [9.17, 15) is 9.90 Å². The molecule has 3 N–H and O–H groups in total. The Balaban J connectivity index is 2.47. The van der Waals surface area contributed by atoms with Crippen molar-refractivity contribution < 1.29 is 14.6 Å². The van der Waals surface area contributed by atoms with E-state index in [1.165, 1.54) is 0 Å². The molecule has 0 radical (unpaired) electrons. The van der Waals surface area contributed by atoms with E-state index in [0.717, 1.165) is 44.9 Å². The highest BCUT2D eigenvalue weighted by Crippen LogP contribution is 2.34. The average Bonchev–Trinajstić information content (AvgIpc) is 2.34. The highest BCUT2D eigenvalue weighted by atomic mass is 16.5. The van der Waals surface area contributed by atoms with Crippen molar-refractivity contribution in [3.63, 3.8) is 0 Å². The number of carboxylic acids is 1. The smallest absolute Gasteiger partial charge is 0.306 e. The van der Waals surface area contributed by atoms with Crippen molar-refractivity contribution in [2.75, 3.05) is 13.7 Å². The number of nitrogens with two attached hydrogens (primary N) is 1. The first-order chi connectivity index (χ1) is 8.19. The lowest BCUT2D eigenvalue weighted by molar-refractivity contribution is -0.145. The van der Waals surface area contributed by atoms with Gasteiger partial charge in [-0.15, -0.1) is 0 Å². The quantitative estimate of drug-likeness (QED) is 0.671. The van der Waals surface area contributed by atoms with Gasteiger partial charge in [0.05, 0.1) is 12.0 Å². The Hall–Kier alpha value is -0.610. The third-order valence-electron chi connectivity index (χ3n) is 3.86. The molecule has 0 amide bonds. The molecule has 3 atom stereocenters. The minimum atomic E-state index is -0.649. The van der Waals surface area contributed by atoms with E-state index in [0.29, 0.717) is 6.54 Å². The minimum Gasteiger partial charge on any atom is -0.481 e. The highest BCUT2D eigenvalue weighted by molar-refractivity contribution is 5.70. The Kier molecular flexibility index (Phi) is 6.52. The maximum absolute atomic E-state index is 11.3. The van der Waals surface area contributed by atoms with Crippen LogP contribution in [0, 0.1) is 11.8 Å². The van der Waals surface area contributed by atoms with Crippen LogP contribution in [0.1, 0.15) is 44.9 Å². The van der Waals surface area contributed by atoms with E-state index in [-0.39, 0.29) is 17.9 Å². The second-order valence-electron chi connectivity index (χ2n) is 5.01. The molecule has 100 valence electrons. The predicted molar refractivity (Wildman–Crippen MR) is 66.8 cm³/mol. The van der Waals surface area contributed by atoms with Crippen molar-refractivity contribution in [3.8, 4) is 0 Å². The molecular weight excluding hydrogens is 218 g/mol. The second kappa shape index (κ2) is 7.67. The zero-order valence-electron chi connectivity index (χ0n) is 10.7. The van der Waals surface area contributed by atoms with Gasteiger partial charge >= 0.3 is 5.97 Å². The molecule has 1 aliphatic rings. The summed E-state index contributed by atoms with van der Waals surface area (Å²) in [5, 5.41) is 9.31. The third kappa shape index (κ3) is 4.64. The molecule has 0 bridgehead atoms. The summed E-state index contributed by atoms with van der Waals surface area (Å²) < 4.78 is 5.36. The molecule has 0 aromatic rings. The summed E-state index contributed by atoms with van der Waals surface area (Å²) in [7, 11) is 1.72. The maximum Gasteiger partial charge on any atom is 0.306 e. The number of rotatable bonds is 7. The minimum absolute atomic E-state index is 0.209. The zero-order valence-corrected chi connectivity index (χ0v) is 10.7. The molecule has 3 unspecified atom stereocenters. The van der Waals surface area contributed by atoms with Crippen molar-refractivity contribution in [2.45, 2.75) is 51.0 Å². The number of carbonyl (C=O) groups is 1. The van der Waals surface area contributed by atoms with Crippen LogP contribution in [0.4, 0.5) is 0 Å². The lowest BCUT2D eigenvalue weighted by Crippen LogP contribution is -2.31. The van der Waals surface area contributed by atoms with E-state index in [4.69, 9.17) is 10.5 Å². The Morgan fingerprint density at radius 3 is 2.82 bits per heavy atom. The molecule has 1 aliphatic carbocycles. The number of ether oxygens (including phenoxy) is 1. The molecule has 1 rings (SSSR count). The van der Waals surface area contributed by atoms with Crippen LogP contribution >= 0.6 is 0 Å². The van der Waals surface area contributed by atoms with Crippen LogP contribution in [0.3, 0.4) is 0 Å². The highest BCUT2D eigenvalue weighted by Gasteiger charge is 2.32. The van der Waals surface area contributed by atoms with Gasteiger partial charge in [-0.05, 0) is 44.6 Å². The molecule has 17 heavy (non-hydrogen) atoms. The van der Waals surface area contributed by atoms with E-state index >= 15 is 0 Å². The van der Waals surface area contributed by atoms with Crippen molar-refractivity contribution in [1.82, 2.24) is 0 Å². The number of carboxylic acid groups (broad SMARTS) is 1. The van der Waals surface area contributed by atoms with Crippen LogP contribution in [-0.4, -0.2) is 30.8 Å². The summed E-state index contributed by atoms with van der Waals surface area (Å²) in [4.78, 5) is 11.3. The Morgan fingerprint density at radius 2 is 2.24 bits per heavy atom. The third-order valence-corrected chi connectivity index (χ3v) is 3.86. The van der Waals surface area contributed by atoms with Crippen LogP contribution in [0.15, 0.2) is 0 Å². The summed E-state index contributed by atoms with van der Waals surface area (Å²) in [5.74, 6) is -0.577. The largest absolute Gasteiger partial charge is 0.481 e. The first-order valence-corrected chi connectivity index (χ1v) is 6.64. The predicted octanol–water partition coefficient (Wildman–Crippen LogP) is 2.02. The van der Waals surface area contributed by atoms with Crippen molar-refractivity contribution in [3.05, 3.63) is 0 Å². The van der Waals surface area contributed by atoms with Crippen LogP contribution < -0.4 is 5.73 Å². The van der Waals surface area contributed by atoms with Gasteiger partial charge in [0, 0.05) is 7.11 Å². The fraction of sp³-hybridized carbons (Fsp3) is 0.923. The SMILES string of the molecule is COC1CCCC(C(CCCCN)C(=O)O)C1. The topological polar surface area (TPSA) is 72.5 Å². The van der Waals surface area contributed by atoms with Gasteiger partial charge in [0.25, 0.3) is 0 Å². The number of methoxy groups -OCH3 is 1. The van der Waals surface area contributed by atoms with Crippen molar-refractivity contribution >= 4 is 5.97 Å². The summed E-state index contributed by atoms with van der Waals surface area (Å²) in [5.41, 5.74) is 5.45. The summed E-state index contributed by atoms with van der Waals surface area (Å²) in [6.07, 6.45) is 6.94. The van der Waals surface area contributed by atoms with Gasteiger partial charge in [-0.25, -0.2) is 0 Å². The van der Waals surface area contributed by atoms with Crippen LogP contribution in [0.5, 0.6) is 0 Å². The summed E-state index contributed by atoms with van der Waals surface area (Å²) in [6.45, 7) is 0.650. The van der Waals surface area contributed by atoms with Gasteiger partial charge in [-0.3, -0.25) is 4.79 Å². The number of hydrogen-bond donors (Lipinski definition) is 2. The van der Waals surface area contributed by atoms with Crippen LogP contribution in [0.25, 0.3) is 0 Å². The monoisotopic (exact) mass is 243 g/mol. The van der Waals surface area contributed by atoms with Crippen LogP contribution in [0.2, 0.25) is 0 Å².